The first-order valence-corrected chi connectivity index (χ1v) is 6.60. The fourth-order valence-corrected chi connectivity index (χ4v) is 2.82. The zero-order valence-electron chi connectivity index (χ0n) is 9.27. The van der Waals surface area contributed by atoms with Crippen molar-refractivity contribution >= 4 is 22.9 Å². The Morgan fingerprint density at radius 2 is 2.24 bits per heavy atom. The maximum Gasteiger partial charge on any atom is 0.0931 e. The molecule has 0 aromatic carbocycles. The Bertz CT molecular complexity index is 458. The molecule has 2 heterocycles. The van der Waals surface area contributed by atoms with Gasteiger partial charge in [0.15, 0.2) is 0 Å². The first-order chi connectivity index (χ1) is 8.29. The van der Waals surface area contributed by atoms with E-state index in [-0.39, 0.29) is 6.04 Å². The SMILES string of the molecule is NNC(CCc1ccccn1)c1ccc(Cl)s1. The monoisotopic (exact) mass is 267 g/mol. The lowest BCUT2D eigenvalue weighted by Crippen LogP contribution is -2.27. The predicted molar refractivity (Wildman–Crippen MR) is 72.0 cm³/mol. The summed E-state index contributed by atoms with van der Waals surface area (Å²) in [6, 6.07) is 9.98. The second-order valence-electron chi connectivity index (χ2n) is 3.72. The number of hydrazine groups is 1. The highest BCUT2D eigenvalue weighted by atomic mass is 35.5. The summed E-state index contributed by atoms with van der Waals surface area (Å²) in [6.45, 7) is 0. The summed E-state index contributed by atoms with van der Waals surface area (Å²) in [6.07, 6.45) is 3.61. The molecule has 0 aliphatic carbocycles. The van der Waals surface area contributed by atoms with Crippen LogP contribution in [0.4, 0.5) is 0 Å². The van der Waals surface area contributed by atoms with Gasteiger partial charge < -0.3 is 0 Å². The molecular formula is C12H14ClN3S. The number of hydrogen-bond donors (Lipinski definition) is 2. The van der Waals surface area contributed by atoms with Gasteiger partial charge in [-0.1, -0.05) is 17.7 Å². The van der Waals surface area contributed by atoms with Gasteiger partial charge in [0.05, 0.1) is 10.4 Å². The number of nitrogens with two attached hydrogens (primary N) is 1. The van der Waals surface area contributed by atoms with Crippen molar-refractivity contribution < 1.29 is 0 Å². The third kappa shape index (κ3) is 3.51. The molecule has 1 atom stereocenters. The van der Waals surface area contributed by atoms with E-state index in [1.54, 1.807) is 11.3 Å². The van der Waals surface area contributed by atoms with E-state index < -0.39 is 0 Å². The molecule has 90 valence electrons. The van der Waals surface area contributed by atoms with E-state index in [9.17, 15) is 0 Å². The van der Waals surface area contributed by atoms with E-state index >= 15 is 0 Å². The zero-order valence-corrected chi connectivity index (χ0v) is 10.8. The lowest BCUT2D eigenvalue weighted by molar-refractivity contribution is 0.521. The van der Waals surface area contributed by atoms with E-state index in [2.05, 4.69) is 10.4 Å². The molecule has 5 heteroatoms. The summed E-state index contributed by atoms with van der Waals surface area (Å²) in [5, 5.41) is 0. The highest BCUT2D eigenvalue weighted by Crippen LogP contribution is 2.28. The molecule has 2 aromatic heterocycles. The molecule has 1 unspecified atom stereocenters. The maximum atomic E-state index is 5.92. The van der Waals surface area contributed by atoms with Crippen LogP contribution in [0.1, 0.15) is 23.0 Å². The van der Waals surface area contributed by atoms with Crippen LogP contribution in [0, 0.1) is 0 Å². The molecule has 0 aliphatic rings. The van der Waals surface area contributed by atoms with Gasteiger partial charge in [-0.2, -0.15) is 0 Å². The van der Waals surface area contributed by atoms with Gasteiger partial charge in [0.1, 0.15) is 0 Å². The van der Waals surface area contributed by atoms with Crippen molar-refractivity contribution in [2.24, 2.45) is 5.84 Å². The van der Waals surface area contributed by atoms with Gasteiger partial charge in [0.2, 0.25) is 0 Å². The molecule has 2 aromatic rings. The average Bonchev–Trinajstić information content (AvgIpc) is 2.78. The van der Waals surface area contributed by atoms with Crippen LogP contribution in [0.3, 0.4) is 0 Å². The first kappa shape index (κ1) is 12.5. The van der Waals surface area contributed by atoms with Crippen LogP contribution in [0.15, 0.2) is 36.5 Å². The normalized spacial score (nSPS) is 12.6. The third-order valence-electron chi connectivity index (χ3n) is 2.55. The van der Waals surface area contributed by atoms with Gasteiger partial charge >= 0.3 is 0 Å². The Kier molecular flexibility index (Phi) is 4.50. The largest absolute Gasteiger partial charge is 0.271 e. The highest BCUT2D eigenvalue weighted by Gasteiger charge is 2.12. The van der Waals surface area contributed by atoms with E-state index in [0.29, 0.717) is 0 Å². The van der Waals surface area contributed by atoms with E-state index in [1.165, 1.54) is 0 Å². The van der Waals surface area contributed by atoms with Crippen molar-refractivity contribution in [2.45, 2.75) is 18.9 Å². The fourth-order valence-electron chi connectivity index (χ4n) is 1.66. The van der Waals surface area contributed by atoms with Crippen LogP contribution >= 0.6 is 22.9 Å². The number of aryl methyl sites for hydroxylation is 1. The Labute approximate surface area is 110 Å². The molecule has 17 heavy (non-hydrogen) atoms. The molecule has 0 amide bonds. The molecule has 0 saturated carbocycles. The molecule has 0 bridgehead atoms. The van der Waals surface area contributed by atoms with Gasteiger partial charge in [-0.15, -0.1) is 11.3 Å². The summed E-state index contributed by atoms with van der Waals surface area (Å²) in [7, 11) is 0. The van der Waals surface area contributed by atoms with E-state index in [0.717, 1.165) is 27.7 Å². The number of hydrogen-bond acceptors (Lipinski definition) is 4. The summed E-state index contributed by atoms with van der Waals surface area (Å²) in [4.78, 5) is 5.45. The Morgan fingerprint density at radius 3 is 2.82 bits per heavy atom. The molecule has 3 N–H and O–H groups in total. The van der Waals surface area contributed by atoms with Crippen LogP contribution in [0.2, 0.25) is 4.34 Å². The standard InChI is InChI=1S/C12H14ClN3S/c13-12-7-6-11(17-12)10(16-14)5-4-9-3-1-2-8-15-9/h1-3,6-8,10,16H,4-5,14H2. The first-order valence-electron chi connectivity index (χ1n) is 5.41. The van der Waals surface area contributed by atoms with E-state index in [4.69, 9.17) is 17.4 Å². The molecule has 3 nitrogen and oxygen atoms in total. The number of halogens is 1. The molecule has 0 fully saturated rings. The Morgan fingerprint density at radius 1 is 1.35 bits per heavy atom. The topological polar surface area (TPSA) is 50.9 Å². The lowest BCUT2D eigenvalue weighted by atomic mass is 10.1. The average molecular weight is 268 g/mol. The number of aromatic nitrogens is 1. The summed E-state index contributed by atoms with van der Waals surface area (Å²) >= 11 is 7.47. The second kappa shape index (κ2) is 6.12. The quantitative estimate of drug-likeness (QED) is 0.647. The van der Waals surface area contributed by atoms with Gasteiger partial charge in [-0.3, -0.25) is 16.3 Å². The van der Waals surface area contributed by atoms with Crippen molar-refractivity contribution in [2.75, 3.05) is 0 Å². The third-order valence-corrected chi connectivity index (χ3v) is 3.90. The Hall–Kier alpha value is -0.940. The molecule has 0 aliphatic heterocycles. The van der Waals surface area contributed by atoms with Crippen molar-refractivity contribution in [3.05, 3.63) is 51.4 Å². The summed E-state index contributed by atoms with van der Waals surface area (Å²) in [5.74, 6) is 5.57. The van der Waals surface area contributed by atoms with Crippen molar-refractivity contribution in [1.29, 1.82) is 0 Å². The molecule has 0 radical (unpaired) electrons. The van der Waals surface area contributed by atoms with Crippen LogP contribution in [0.5, 0.6) is 0 Å². The number of nitrogens with zero attached hydrogens (tertiary/aromatic N) is 1. The molecular weight excluding hydrogens is 254 g/mol. The van der Waals surface area contributed by atoms with Crippen molar-refractivity contribution in [1.82, 2.24) is 10.4 Å². The number of rotatable bonds is 5. The molecule has 0 saturated heterocycles. The Balaban J connectivity index is 1.97. The second-order valence-corrected chi connectivity index (χ2v) is 5.47. The number of thiophene rings is 1. The number of nitrogens with one attached hydrogen (secondary N) is 1. The fraction of sp³-hybridized carbons (Fsp3) is 0.250. The number of pyridine rings is 1. The summed E-state index contributed by atoms with van der Waals surface area (Å²) in [5.41, 5.74) is 3.90. The lowest BCUT2D eigenvalue weighted by Gasteiger charge is -2.13. The predicted octanol–water partition coefficient (Wildman–Crippen LogP) is 2.93. The van der Waals surface area contributed by atoms with Crippen LogP contribution < -0.4 is 11.3 Å². The molecule has 2 rings (SSSR count). The van der Waals surface area contributed by atoms with Crippen LogP contribution in [0.25, 0.3) is 0 Å². The van der Waals surface area contributed by atoms with E-state index in [1.807, 2.05) is 36.5 Å². The molecule has 0 spiro atoms. The van der Waals surface area contributed by atoms with Crippen molar-refractivity contribution in [3.63, 3.8) is 0 Å². The van der Waals surface area contributed by atoms with Crippen LogP contribution in [-0.4, -0.2) is 4.98 Å². The van der Waals surface area contributed by atoms with Crippen LogP contribution in [-0.2, 0) is 6.42 Å². The minimum Gasteiger partial charge on any atom is -0.271 e. The zero-order chi connectivity index (χ0) is 12.1. The minimum atomic E-state index is 0.134. The summed E-state index contributed by atoms with van der Waals surface area (Å²) < 4.78 is 0.790. The smallest absolute Gasteiger partial charge is 0.0931 e. The van der Waals surface area contributed by atoms with Gasteiger partial charge in [-0.25, -0.2) is 0 Å². The highest BCUT2D eigenvalue weighted by molar-refractivity contribution is 7.16. The van der Waals surface area contributed by atoms with Gasteiger partial charge in [0.25, 0.3) is 0 Å². The van der Waals surface area contributed by atoms with Crippen molar-refractivity contribution in [3.8, 4) is 0 Å². The minimum absolute atomic E-state index is 0.134. The van der Waals surface area contributed by atoms with Gasteiger partial charge in [-0.05, 0) is 37.1 Å². The van der Waals surface area contributed by atoms with Gasteiger partial charge in [0, 0.05) is 16.8 Å². The maximum absolute atomic E-state index is 5.92.